The number of aromatic nitrogens is 3. The smallest absolute Gasteiger partial charge is 0.412 e. The lowest BCUT2D eigenvalue weighted by molar-refractivity contribution is 0.0692. The number of carbonyl (C=O) groups is 2. The summed E-state index contributed by atoms with van der Waals surface area (Å²) in [5.74, 6) is -0.366. The number of rotatable bonds is 8. The van der Waals surface area contributed by atoms with Crippen LogP contribution in [-0.4, -0.2) is 32.3 Å². The van der Waals surface area contributed by atoms with E-state index >= 15 is 0 Å². The summed E-state index contributed by atoms with van der Waals surface area (Å²) >= 11 is 0. The molecule has 200 valence electrons. The van der Waals surface area contributed by atoms with Crippen molar-refractivity contribution in [2.45, 2.75) is 20.0 Å². The lowest BCUT2D eigenvalue weighted by Crippen LogP contribution is -2.16. The molecule has 40 heavy (non-hydrogen) atoms. The van der Waals surface area contributed by atoms with Gasteiger partial charge in [-0.25, -0.2) is 19.6 Å². The Balaban J connectivity index is 1.28. The summed E-state index contributed by atoms with van der Waals surface area (Å²) < 4.78 is 16.7. The van der Waals surface area contributed by atoms with E-state index in [4.69, 9.17) is 14.0 Å². The first-order valence-electron chi connectivity index (χ1n) is 12.3. The number of anilines is 1. The van der Waals surface area contributed by atoms with Crippen LogP contribution in [0.25, 0.3) is 22.5 Å². The fourth-order valence-corrected chi connectivity index (χ4v) is 3.99. The first-order chi connectivity index (χ1) is 19.4. The van der Waals surface area contributed by atoms with E-state index in [0.717, 1.165) is 22.3 Å². The Hall–Kier alpha value is -5.51. The average molecular weight is 537 g/mol. The zero-order chi connectivity index (χ0) is 28.1. The van der Waals surface area contributed by atoms with E-state index < -0.39 is 18.2 Å². The van der Waals surface area contributed by atoms with Gasteiger partial charge >= 0.3 is 12.1 Å². The molecule has 0 saturated heterocycles. The van der Waals surface area contributed by atoms with Crippen LogP contribution in [0.4, 0.5) is 10.5 Å². The molecule has 1 amide bonds. The number of ether oxygens (including phenoxy) is 2. The molecule has 0 radical (unpaired) electrons. The maximum Gasteiger partial charge on any atom is 0.412 e. The van der Waals surface area contributed by atoms with E-state index in [0.29, 0.717) is 22.9 Å². The number of hydrogen-bond donors (Lipinski definition) is 2. The van der Waals surface area contributed by atoms with Gasteiger partial charge in [0, 0.05) is 11.8 Å². The molecule has 2 heterocycles. The number of aromatic carboxylic acids is 1. The maximum absolute atomic E-state index is 12.6. The van der Waals surface area contributed by atoms with Gasteiger partial charge < -0.3 is 19.1 Å². The van der Waals surface area contributed by atoms with Gasteiger partial charge in [0.05, 0.1) is 0 Å². The van der Waals surface area contributed by atoms with E-state index in [9.17, 15) is 14.7 Å². The van der Waals surface area contributed by atoms with E-state index in [-0.39, 0.29) is 11.4 Å². The van der Waals surface area contributed by atoms with Crippen molar-refractivity contribution in [3.8, 4) is 34.1 Å². The average Bonchev–Trinajstić information content (AvgIpc) is 3.33. The minimum Gasteiger partial charge on any atom is -0.477 e. The number of hydrogen-bond acceptors (Lipinski definition) is 8. The number of amides is 1. The second kappa shape index (κ2) is 11.5. The van der Waals surface area contributed by atoms with Crippen LogP contribution in [0.5, 0.6) is 11.6 Å². The monoisotopic (exact) mass is 536 g/mol. The van der Waals surface area contributed by atoms with E-state index in [1.807, 2.05) is 66.7 Å². The summed E-state index contributed by atoms with van der Waals surface area (Å²) in [6.07, 6.45) is 1.37. The van der Waals surface area contributed by atoms with Crippen LogP contribution in [0.1, 0.15) is 34.6 Å². The molecule has 0 bridgehead atoms. The molecule has 0 aliphatic carbocycles. The van der Waals surface area contributed by atoms with Crippen LogP contribution in [0.2, 0.25) is 0 Å². The zero-order valence-corrected chi connectivity index (χ0v) is 21.6. The van der Waals surface area contributed by atoms with Crippen molar-refractivity contribution in [3.05, 3.63) is 108 Å². The Morgan fingerprint density at radius 3 is 2.25 bits per heavy atom. The van der Waals surface area contributed by atoms with Crippen molar-refractivity contribution in [1.82, 2.24) is 15.1 Å². The molecule has 0 aliphatic rings. The highest BCUT2D eigenvalue weighted by Gasteiger charge is 2.20. The fourth-order valence-electron chi connectivity index (χ4n) is 3.99. The van der Waals surface area contributed by atoms with Gasteiger partial charge in [0.1, 0.15) is 35.1 Å². The standard InChI is InChI=1S/C30H24N4O6/c1-18-26(33-30(37)38-19(2)20-6-4-3-5-7-20)27(40-34-18)23-10-8-21(9-11-23)22-12-14-24(15-13-22)39-28-25(29(35)36)16-31-17-32-28/h3-17,19H,1-2H3,(H,33,37)(H,35,36). The number of nitrogens with one attached hydrogen (secondary N) is 1. The molecule has 5 rings (SSSR count). The third-order valence-electron chi connectivity index (χ3n) is 6.10. The molecule has 0 saturated carbocycles. The lowest BCUT2D eigenvalue weighted by Gasteiger charge is -2.14. The summed E-state index contributed by atoms with van der Waals surface area (Å²) in [6.45, 7) is 3.54. The number of carbonyl (C=O) groups excluding carboxylic acids is 1. The molecule has 1 atom stereocenters. The molecule has 0 aliphatic heterocycles. The van der Waals surface area contributed by atoms with Gasteiger partial charge in [-0.15, -0.1) is 0 Å². The second-order valence-corrected chi connectivity index (χ2v) is 8.81. The van der Waals surface area contributed by atoms with Gasteiger partial charge in [-0.2, -0.15) is 0 Å². The lowest BCUT2D eigenvalue weighted by atomic mass is 10.0. The van der Waals surface area contributed by atoms with Crippen LogP contribution in [0.15, 0.2) is 95.9 Å². The van der Waals surface area contributed by atoms with Gasteiger partial charge in [-0.05, 0) is 42.7 Å². The summed E-state index contributed by atoms with van der Waals surface area (Å²) in [7, 11) is 0. The Labute approximate surface area is 229 Å². The molecule has 10 heteroatoms. The molecule has 10 nitrogen and oxygen atoms in total. The van der Waals surface area contributed by atoms with Crippen molar-refractivity contribution >= 4 is 17.7 Å². The number of carboxylic acid groups (broad SMARTS) is 1. The Morgan fingerprint density at radius 2 is 1.57 bits per heavy atom. The molecular weight excluding hydrogens is 512 g/mol. The third kappa shape index (κ3) is 5.81. The number of aryl methyl sites for hydroxylation is 1. The van der Waals surface area contributed by atoms with Gasteiger partial charge in [0.15, 0.2) is 5.76 Å². The summed E-state index contributed by atoms with van der Waals surface area (Å²) in [5.41, 5.74) is 4.27. The SMILES string of the molecule is Cc1noc(-c2ccc(-c3ccc(Oc4ncncc4C(=O)O)cc3)cc2)c1NC(=O)OC(C)c1ccccc1. The summed E-state index contributed by atoms with van der Waals surface area (Å²) in [4.78, 5) is 31.6. The van der Waals surface area contributed by atoms with Gasteiger partial charge in [0.2, 0.25) is 5.88 Å². The zero-order valence-electron chi connectivity index (χ0n) is 21.6. The first-order valence-corrected chi connectivity index (χ1v) is 12.3. The van der Waals surface area contributed by atoms with Crippen molar-refractivity contribution < 1.29 is 28.7 Å². The highest BCUT2D eigenvalue weighted by atomic mass is 16.6. The number of carboxylic acids is 1. The van der Waals surface area contributed by atoms with Crippen LogP contribution in [0.3, 0.4) is 0 Å². The largest absolute Gasteiger partial charge is 0.477 e. The van der Waals surface area contributed by atoms with Crippen LogP contribution < -0.4 is 10.1 Å². The van der Waals surface area contributed by atoms with Crippen molar-refractivity contribution in [3.63, 3.8) is 0 Å². The molecule has 5 aromatic rings. The predicted molar refractivity (Wildman–Crippen MR) is 146 cm³/mol. The van der Waals surface area contributed by atoms with Gasteiger partial charge in [-0.1, -0.05) is 71.9 Å². The van der Waals surface area contributed by atoms with Crippen LogP contribution in [0, 0.1) is 6.92 Å². The molecular formula is C30H24N4O6. The molecule has 1 unspecified atom stereocenters. The topological polar surface area (TPSA) is 137 Å². The molecule has 3 aromatic carbocycles. The van der Waals surface area contributed by atoms with Crippen molar-refractivity contribution in [1.29, 1.82) is 0 Å². The summed E-state index contributed by atoms with van der Waals surface area (Å²) in [5, 5.41) is 16.1. The molecule has 2 N–H and O–H groups in total. The Bertz CT molecular complexity index is 1630. The van der Waals surface area contributed by atoms with Crippen LogP contribution in [-0.2, 0) is 4.74 Å². The van der Waals surface area contributed by atoms with E-state index in [1.165, 1.54) is 12.5 Å². The van der Waals surface area contributed by atoms with E-state index in [1.54, 1.807) is 26.0 Å². The molecule has 0 fully saturated rings. The Morgan fingerprint density at radius 1 is 0.925 bits per heavy atom. The van der Waals surface area contributed by atoms with E-state index in [2.05, 4.69) is 20.4 Å². The predicted octanol–water partition coefficient (Wildman–Crippen LogP) is 6.91. The minimum absolute atomic E-state index is 0.0372. The number of nitrogens with zero attached hydrogens (tertiary/aromatic N) is 3. The quantitative estimate of drug-likeness (QED) is 0.217. The third-order valence-corrected chi connectivity index (χ3v) is 6.10. The van der Waals surface area contributed by atoms with Crippen LogP contribution >= 0.6 is 0 Å². The molecule has 2 aromatic heterocycles. The maximum atomic E-state index is 12.6. The van der Waals surface area contributed by atoms with Gasteiger partial charge in [-0.3, -0.25) is 5.32 Å². The summed E-state index contributed by atoms with van der Waals surface area (Å²) in [6, 6.07) is 24.2. The highest BCUT2D eigenvalue weighted by molar-refractivity contribution is 5.91. The minimum atomic E-state index is -1.17. The van der Waals surface area contributed by atoms with Crippen molar-refractivity contribution in [2.24, 2.45) is 0 Å². The first kappa shape index (κ1) is 26.1. The fraction of sp³-hybridized carbons (Fsp3) is 0.100. The van der Waals surface area contributed by atoms with Crippen molar-refractivity contribution in [2.75, 3.05) is 5.32 Å². The van der Waals surface area contributed by atoms with Gasteiger partial charge in [0.25, 0.3) is 0 Å². The number of benzene rings is 3. The second-order valence-electron chi connectivity index (χ2n) is 8.81. The highest BCUT2D eigenvalue weighted by Crippen LogP contribution is 2.33. The Kier molecular flexibility index (Phi) is 7.49. The molecule has 0 spiro atoms. The normalized spacial score (nSPS) is 11.4.